The van der Waals surface area contributed by atoms with Gasteiger partial charge in [0.1, 0.15) is 0 Å². The molecule has 0 aliphatic carbocycles. The number of hydrogen-bond acceptors (Lipinski definition) is 2. The van der Waals surface area contributed by atoms with Gasteiger partial charge in [-0.05, 0) is 0 Å². The van der Waals surface area contributed by atoms with Crippen molar-refractivity contribution >= 4 is 17.0 Å². The first-order valence-electron chi connectivity index (χ1n) is 0.565. The molecule has 1 N–H and O–H groups in total. The third-order valence-electron chi connectivity index (χ3n) is 0. The zero-order valence-corrected chi connectivity index (χ0v) is 6.83. The van der Waals surface area contributed by atoms with Crippen LogP contribution >= 0.6 is 17.0 Å². The van der Waals surface area contributed by atoms with E-state index in [-0.39, 0.29) is 48.0 Å². The Kier molecular flexibility index (Phi) is 24.4. The first-order valence-corrected chi connectivity index (χ1v) is 0.565. The largest absolute Gasteiger partial charge is 1.00 e. The molecule has 0 fully saturated rings. The molecule has 4 nitrogen and oxygen atoms in total. The second-order valence-corrected chi connectivity index (χ2v) is 0.238. The fourth-order valence-electron chi connectivity index (χ4n) is 0. The predicted octanol–water partition coefficient (Wildman–Crippen LogP) is -2.65. The van der Waals surface area contributed by atoms with Crippen molar-refractivity contribution in [3.8, 4) is 0 Å². The summed E-state index contributed by atoms with van der Waals surface area (Å²) >= 11 is 0. The molecule has 0 bridgehead atoms. The van der Waals surface area contributed by atoms with Crippen LogP contribution in [0.3, 0.4) is 0 Å². The van der Waals surface area contributed by atoms with Crippen molar-refractivity contribution in [2.75, 3.05) is 0 Å². The van der Waals surface area contributed by atoms with Crippen LogP contribution in [-0.4, -0.2) is 10.3 Å². The van der Waals surface area contributed by atoms with E-state index in [0.29, 0.717) is 0 Å². The SMILES string of the molecule is Br.O=[N+]([O-])O.[H-].[Na+]. The molecule has 0 aliphatic rings. The summed E-state index contributed by atoms with van der Waals surface area (Å²) < 4.78 is 0. The van der Waals surface area contributed by atoms with Crippen LogP contribution in [-0.2, 0) is 0 Å². The zero-order valence-electron chi connectivity index (χ0n) is 4.12. The van der Waals surface area contributed by atoms with Gasteiger partial charge in [0.15, 0.2) is 0 Å². The van der Waals surface area contributed by atoms with Crippen LogP contribution < -0.4 is 29.6 Å². The van der Waals surface area contributed by atoms with E-state index in [4.69, 9.17) is 15.3 Å². The number of halogens is 1. The van der Waals surface area contributed by atoms with Crippen LogP contribution in [0, 0.1) is 10.1 Å². The van der Waals surface area contributed by atoms with E-state index in [1.54, 1.807) is 0 Å². The molecule has 0 atom stereocenters. The van der Waals surface area contributed by atoms with Gasteiger partial charge in [-0.2, -0.15) is 0 Å². The Hall–Kier alpha value is 0.680. The maximum Gasteiger partial charge on any atom is 1.00 e. The van der Waals surface area contributed by atoms with Gasteiger partial charge >= 0.3 is 29.6 Å². The Bertz CT molecular complexity index is 37.9. The van der Waals surface area contributed by atoms with Crippen molar-refractivity contribution in [3.05, 3.63) is 10.1 Å². The molecule has 34 valence electrons. The van der Waals surface area contributed by atoms with Crippen LogP contribution in [0.2, 0.25) is 0 Å². The first kappa shape index (κ1) is 15.9. The molecular weight excluding hydrogens is 165 g/mol. The van der Waals surface area contributed by atoms with Crippen LogP contribution in [0.5, 0.6) is 0 Å². The Morgan fingerprint density at radius 3 is 1.83 bits per heavy atom. The number of hydrogen-bond donors (Lipinski definition) is 1. The van der Waals surface area contributed by atoms with Gasteiger partial charge in [-0.1, -0.05) is 0 Å². The van der Waals surface area contributed by atoms with Gasteiger partial charge < -0.3 is 6.63 Å². The Morgan fingerprint density at radius 2 is 1.83 bits per heavy atom. The van der Waals surface area contributed by atoms with Crippen LogP contribution in [0.4, 0.5) is 0 Å². The summed E-state index contributed by atoms with van der Waals surface area (Å²) in [6, 6.07) is 0. The molecule has 0 aliphatic heterocycles. The molecule has 0 aromatic rings. The molecule has 0 spiro atoms. The van der Waals surface area contributed by atoms with Crippen molar-refractivity contribution in [2.45, 2.75) is 0 Å². The van der Waals surface area contributed by atoms with Crippen LogP contribution in [0.25, 0.3) is 0 Å². The number of nitrogens with zero attached hydrogens (tertiary/aromatic N) is 1. The average Bonchev–Trinajstić information content (AvgIpc) is 0.811. The van der Waals surface area contributed by atoms with E-state index in [9.17, 15) is 0 Å². The van der Waals surface area contributed by atoms with Gasteiger partial charge in [-0.25, -0.2) is 0 Å². The minimum Gasteiger partial charge on any atom is -1.00 e. The van der Waals surface area contributed by atoms with Crippen molar-refractivity contribution in [1.29, 1.82) is 0 Å². The second-order valence-electron chi connectivity index (χ2n) is 0.238. The van der Waals surface area contributed by atoms with E-state index in [1.165, 1.54) is 0 Å². The fraction of sp³-hybridized carbons (Fsp3) is 0. The molecule has 0 amide bonds. The monoisotopic (exact) mass is 167 g/mol. The van der Waals surface area contributed by atoms with Crippen LogP contribution in [0.1, 0.15) is 1.43 Å². The predicted molar refractivity (Wildman–Crippen MR) is 20.2 cm³/mol. The van der Waals surface area contributed by atoms with Gasteiger partial charge in [0, 0.05) is 0 Å². The van der Waals surface area contributed by atoms with Crippen molar-refractivity contribution in [2.24, 2.45) is 0 Å². The third-order valence-corrected chi connectivity index (χ3v) is 0. The third kappa shape index (κ3) is 137. The Labute approximate surface area is 68.2 Å². The molecule has 6 heteroatoms. The summed E-state index contributed by atoms with van der Waals surface area (Å²) in [7, 11) is 0. The molecule has 0 heterocycles. The van der Waals surface area contributed by atoms with Gasteiger partial charge in [0.05, 0.1) is 0 Å². The molecular formula is H3BrNNaO3. The average molecular weight is 168 g/mol. The van der Waals surface area contributed by atoms with Gasteiger partial charge in [0.2, 0.25) is 0 Å². The van der Waals surface area contributed by atoms with Crippen LogP contribution in [0.15, 0.2) is 0 Å². The molecule has 0 unspecified atom stereocenters. The fourth-order valence-corrected chi connectivity index (χ4v) is 0. The molecule has 0 aromatic heterocycles. The van der Waals surface area contributed by atoms with Crippen molar-refractivity contribution in [3.63, 3.8) is 0 Å². The van der Waals surface area contributed by atoms with E-state index >= 15 is 0 Å². The van der Waals surface area contributed by atoms with E-state index in [1.807, 2.05) is 0 Å². The molecule has 0 saturated heterocycles. The van der Waals surface area contributed by atoms with E-state index < -0.39 is 5.09 Å². The second kappa shape index (κ2) is 9.19. The van der Waals surface area contributed by atoms with Crippen molar-refractivity contribution in [1.82, 2.24) is 0 Å². The summed E-state index contributed by atoms with van der Waals surface area (Å²) in [6.07, 6.45) is 0. The summed E-state index contributed by atoms with van der Waals surface area (Å²) in [5.74, 6) is 0. The molecule has 0 aromatic carbocycles. The number of rotatable bonds is 0. The normalized spacial score (nSPS) is 4.00. The smallest absolute Gasteiger partial charge is 1.00 e. The topological polar surface area (TPSA) is 63.4 Å². The van der Waals surface area contributed by atoms with Crippen molar-refractivity contribution < 1.29 is 41.3 Å². The maximum atomic E-state index is 8.36. The van der Waals surface area contributed by atoms with E-state index in [0.717, 1.165) is 0 Å². The van der Waals surface area contributed by atoms with Gasteiger partial charge in [-0.15, -0.1) is 27.1 Å². The summed E-state index contributed by atoms with van der Waals surface area (Å²) in [5.41, 5.74) is 0. The van der Waals surface area contributed by atoms with Gasteiger partial charge in [0.25, 0.3) is 5.09 Å². The quantitative estimate of drug-likeness (QED) is 0.244. The van der Waals surface area contributed by atoms with Gasteiger partial charge in [-0.3, -0.25) is 0 Å². The Balaban J connectivity index is -0.0000000150. The summed E-state index contributed by atoms with van der Waals surface area (Å²) in [5, 5.41) is 13.6. The zero-order chi connectivity index (χ0) is 3.58. The first-order chi connectivity index (χ1) is 1.73. The minimum atomic E-state index is -1.50. The molecule has 6 heavy (non-hydrogen) atoms. The molecule has 0 saturated carbocycles. The summed E-state index contributed by atoms with van der Waals surface area (Å²) in [6.45, 7) is 0. The maximum absolute atomic E-state index is 8.36. The molecule has 0 radical (unpaired) electrons. The molecule has 0 rings (SSSR count). The summed E-state index contributed by atoms with van der Waals surface area (Å²) in [4.78, 5) is 8.36. The minimum absolute atomic E-state index is 0. The Morgan fingerprint density at radius 1 is 1.83 bits per heavy atom. The standard InChI is InChI=1S/BrH.HNO3.Na.H/c;2-1(3)4;;/h1H;(H,2,3,4);;/q;;+1;-1. The van der Waals surface area contributed by atoms with E-state index in [2.05, 4.69) is 0 Å².